The van der Waals surface area contributed by atoms with Crippen molar-refractivity contribution < 1.29 is 72.1 Å². The number of hydrogen-bond donors (Lipinski definition) is 6. The van der Waals surface area contributed by atoms with Crippen LogP contribution in [0.1, 0.15) is 11.1 Å². The fourth-order valence-electron chi connectivity index (χ4n) is 4.52. The van der Waals surface area contributed by atoms with E-state index in [-0.39, 0.29) is 82.5 Å². The molecule has 2 heterocycles. The van der Waals surface area contributed by atoms with Crippen LogP contribution in [0, 0.1) is 6.07 Å². The topological polar surface area (TPSA) is 207 Å². The first-order chi connectivity index (χ1) is 24.2. The van der Waals surface area contributed by atoms with Crippen LogP contribution in [0.2, 0.25) is 0 Å². The van der Waals surface area contributed by atoms with Crippen LogP contribution in [0.5, 0.6) is 0 Å². The molecular formula is C34H30N12Na2O3S. The van der Waals surface area contributed by atoms with Crippen LogP contribution in [0.25, 0.3) is 12.2 Å². The van der Waals surface area contributed by atoms with Crippen molar-refractivity contribution in [2.24, 2.45) is 0 Å². The van der Waals surface area contributed by atoms with E-state index in [1.807, 2.05) is 60.7 Å². The van der Waals surface area contributed by atoms with E-state index in [2.05, 4.69) is 67.9 Å². The molecule has 0 fully saturated rings. The normalized spacial score (nSPS) is 10.8. The summed E-state index contributed by atoms with van der Waals surface area (Å²) in [7, 11) is -1.48. The summed E-state index contributed by atoms with van der Waals surface area (Å²) in [6.07, 6.45) is 3.18. The van der Waals surface area contributed by atoms with E-state index < -0.39 is 15.0 Å². The van der Waals surface area contributed by atoms with Crippen LogP contribution >= 0.6 is 0 Å². The molecule has 0 aliphatic heterocycles. The number of hydrogen-bond acceptors (Lipinski definition) is 15. The molecule has 4 aromatic carbocycles. The van der Waals surface area contributed by atoms with Gasteiger partial charge in [-0.15, -0.1) is 30.3 Å². The molecule has 15 nitrogen and oxygen atoms in total. The van der Waals surface area contributed by atoms with Gasteiger partial charge >= 0.3 is 59.1 Å². The van der Waals surface area contributed by atoms with Crippen molar-refractivity contribution in [3.63, 3.8) is 0 Å². The molecule has 2 aromatic heterocycles. The second kappa shape index (κ2) is 18.7. The van der Waals surface area contributed by atoms with Crippen LogP contribution in [-0.4, -0.2) is 57.0 Å². The van der Waals surface area contributed by atoms with Gasteiger partial charge in [0, 0.05) is 31.2 Å². The van der Waals surface area contributed by atoms with Crippen molar-refractivity contribution in [1.82, 2.24) is 29.9 Å². The van der Waals surface area contributed by atoms with Gasteiger partial charge in [-0.3, -0.25) is 0 Å². The van der Waals surface area contributed by atoms with Gasteiger partial charge in [0.25, 0.3) is 0 Å². The Kier molecular flexibility index (Phi) is 14.4. The molecule has 6 aromatic rings. The molecule has 252 valence electrons. The number of aromatic nitrogens is 6. The minimum Gasteiger partial charge on any atom is -0.744 e. The molecule has 0 aliphatic carbocycles. The van der Waals surface area contributed by atoms with Crippen LogP contribution in [-0.2, 0) is 10.1 Å². The van der Waals surface area contributed by atoms with E-state index in [4.69, 9.17) is 0 Å². The fraction of sp³-hybridized carbons (Fsp3) is 0.0588. The summed E-state index contributed by atoms with van der Waals surface area (Å²) in [6, 6.07) is 31.6. The van der Waals surface area contributed by atoms with Crippen LogP contribution in [0.4, 0.5) is 58.4 Å². The molecule has 0 atom stereocenters. The summed E-state index contributed by atoms with van der Waals surface area (Å²) in [5.74, 6) is 1.69. The predicted octanol–water partition coefficient (Wildman–Crippen LogP) is -0.00291. The number of para-hydroxylation sites is 2. The van der Waals surface area contributed by atoms with Crippen molar-refractivity contribution in [1.29, 1.82) is 0 Å². The number of anilines is 10. The van der Waals surface area contributed by atoms with E-state index in [0.717, 1.165) is 11.4 Å². The Labute approximate surface area is 345 Å². The molecule has 52 heavy (non-hydrogen) atoms. The van der Waals surface area contributed by atoms with Gasteiger partial charge in [-0.1, -0.05) is 48.5 Å². The summed E-state index contributed by atoms with van der Waals surface area (Å²) in [6.45, 7) is 0. The first-order valence-electron chi connectivity index (χ1n) is 15.1. The second-order valence-electron chi connectivity index (χ2n) is 10.4. The Hall–Kier alpha value is -4.65. The van der Waals surface area contributed by atoms with Crippen LogP contribution in [0.15, 0.2) is 102 Å². The zero-order valence-corrected chi connectivity index (χ0v) is 33.5. The maximum Gasteiger partial charge on any atom is 1.00 e. The zero-order valence-electron chi connectivity index (χ0n) is 28.7. The molecule has 0 saturated carbocycles. The van der Waals surface area contributed by atoms with Gasteiger partial charge < -0.3 is 36.5 Å². The number of benzene rings is 4. The average Bonchev–Trinajstić information content (AvgIpc) is 3.12. The molecule has 0 unspecified atom stereocenters. The van der Waals surface area contributed by atoms with E-state index in [0.29, 0.717) is 34.8 Å². The Bertz CT molecular complexity index is 2230. The Morgan fingerprint density at radius 1 is 0.558 bits per heavy atom. The summed E-state index contributed by atoms with van der Waals surface area (Å²) in [5.41, 5.74) is 3.37. The van der Waals surface area contributed by atoms with Crippen molar-refractivity contribution in [3.05, 3.63) is 114 Å². The first kappa shape index (κ1) is 40.1. The summed E-state index contributed by atoms with van der Waals surface area (Å²) in [5, 5.41) is 18.1. The summed E-state index contributed by atoms with van der Waals surface area (Å²) < 4.78 is 36.9. The van der Waals surface area contributed by atoms with E-state index in [1.165, 1.54) is 18.2 Å². The van der Waals surface area contributed by atoms with Crippen molar-refractivity contribution in [2.75, 3.05) is 46.0 Å². The third kappa shape index (κ3) is 11.2. The molecule has 0 aliphatic rings. The Balaban J connectivity index is 0.00000302. The van der Waals surface area contributed by atoms with Gasteiger partial charge in [0.05, 0.1) is 4.90 Å². The number of nitrogens with one attached hydrogen (secondary N) is 6. The van der Waals surface area contributed by atoms with Gasteiger partial charge in [0.1, 0.15) is 10.1 Å². The van der Waals surface area contributed by atoms with Crippen molar-refractivity contribution >= 4 is 80.7 Å². The van der Waals surface area contributed by atoms with Gasteiger partial charge in [-0.05, 0) is 47.6 Å². The third-order valence-corrected chi connectivity index (χ3v) is 7.74. The monoisotopic (exact) mass is 732 g/mol. The van der Waals surface area contributed by atoms with Crippen LogP contribution < -0.4 is 91.0 Å². The minimum absolute atomic E-state index is 0. The molecular weight excluding hydrogens is 703 g/mol. The summed E-state index contributed by atoms with van der Waals surface area (Å²) >= 11 is 0. The van der Waals surface area contributed by atoms with E-state index >= 15 is 0 Å². The SMILES string of the molecule is CNc1nc(Nc2c[c-]c(/C=C/c3ccc(Nc4nc(NC)nc(Nc5ccccc5)n4)cc3S(=O)(=O)[O-])cc2)nc(Nc2ccccc2)n1.[Na+].[Na+]. The predicted molar refractivity (Wildman–Crippen MR) is 193 cm³/mol. The van der Waals surface area contributed by atoms with E-state index in [9.17, 15) is 13.0 Å². The molecule has 0 spiro atoms. The van der Waals surface area contributed by atoms with Gasteiger partial charge in [-0.25, -0.2) is 8.42 Å². The Morgan fingerprint density at radius 3 is 1.44 bits per heavy atom. The van der Waals surface area contributed by atoms with E-state index in [1.54, 1.807) is 44.4 Å². The molecule has 0 saturated heterocycles. The maximum absolute atomic E-state index is 12.3. The smallest absolute Gasteiger partial charge is 0.744 e. The Morgan fingerprint density at radius 2 is 1.00 bits per heavy atom. The van der Waals surface area contributed by atoms with Gasteiger partial charge in [0.2, 0.25) is 35.7 Å². The van der Waals surface area contributed by atoms with Crippen LogP contribution in [0.3, 0.4) is 0 Å². The molecule has 6 N–H and O–H groups in total. The molecule has 0 radical (unpaired) electrons. The average molecular weight is 733 g/mol. The molecule has 6 rings (SSSR count). The molecule has 18 heteroatoms. The fourth-order valence-corrected chi connectivity index (χ4v) is 5.22. The maximum atomic E-state index is 12.3. The quantitative estimate of drug-likeness (QED) is 0.0400. The largest absolute Gasteiger partial charge is 1.00 e. The summed E-state index contributed by atoms with van der Waals surface area (Å²) in [4.78, 5) is 25.7. The molecule has 0 bridgehead atoms. The third-order valence-electron chi connectivity index (χ3n) is 6.85. The number of nitrogens with zero attached hydrogens (tertiary/aromatic N) is 6. The van der Waals surface area contributed by atoms with Crippen molar-refractivity contribution in [2.45, 2.75) is 4.90 Å². The number of rotatable bonds is 13. The molecule has 0 amide bonds. The first-order valence-corrected chi connectivity index (χ1v) is 16.5. The standard InChI is InChI=1S/C34H31N12O3S.2Na/c1-35-29-41-31(37-24-9-5-3-6-10-24)45-33(43-29)39-26-18-14-22(15-19-26)13-16-23-17-20-27(21-28(23)50(47,48)49)40-34-44-30(36-2)42-32(46-34)38-25-11-7-4-8-12-25;;/h3-14,16-21H,1-2H3,(H,47,48,49)(H3,35,37,39,41,43,45)(H3,36,38,40,42,44,46);;/q-1;2*+1/p-1/b16-13+;;. The second-order valence-corrected chi connectivity index (χ2v) is 11.8. The van der Waals surface area contributed by atoms with Gasteiger partial charge in [-0.2, -0.15) is 35.5 Å². The minimum atomic E-state index is -4.85. The van der Waals surface area contributed by atoms with Gasteiger partial charge in [0.15, 0.2) is 0 Å². The zero-order chi connectivity index (χ0) is 34.9. The van der Waals surface area contributed by atoms with Crippen molar-refractivity contribution in [3.8, 4) is 0 Å².